The van der Waals surface area contributed by atoms with Gasteiger partial charge in [0.1, 0.15) is 5.25 Å². The third-order valence-corrected chi connectivity index (χ3v) is 3.88. The number of hydrogen-bond donors (Lipinski definition) is 2. The van der Waals surface area contributed by atoms with Crippen LogP contribution in [-0.2, 0) is 9.59 Å². The molecule has 1 saturated heterocycles. The van der Waals surface area contributed by atoms with Crippen molar-refractivity contribution in [3.8, 4) is 5.75 Å². The van der Waals surface area contributed by atoms with E-state index in [2.05, 4.69) is 15.5 Å². The molecule has 2 N–H and O–H groups in total. The van der Waals surface area contributed by atoms with E-state index in [1.54, 1.807) is 6.92 Å². The van der Waals surface area contributed by atoms with E-state index in [1.807, 2.05) is 0 Å². The van der Waals surface area contributed by atoms with E-state index in [4.69, 9.17) is 9.84 Å². The van der Waals surface area contributed by atoms with Crippen molar-refractivity contribution in [1.29, 1.82) is 0 Å². The maximum atomic E-state index is 13.5. The predicted molar refractivity (Wildman–Crippen MR) is 84.3 cm³/mol. The standard InChI is InChI=1S/C14H13F2N3O4S/c1-2-23-9-4-7(3-8(15)12(9)16)6-17-19-14-18-13(22)10(24-14)5-11(20)21/h3-4,6,10H,2,5H2,1H3,(H,20,21)(H,18,19,22). The van der Waals surface area contributed by atoms with Crippen LogP contribution in [0.2, 0.25) is 0 Å². The Kier molecular flexibility index (Phi) is 5.85. The summed E-state index contributed by atoms with van der Waals surface area (Å²) in [6, 6.07) is 2.19. The summed E-state index contributed by atoms with van der Waals surface area (Å²) in [5.41, 5.74) is 0.220. The number of carbonyl (C=O) groups is 2. The molecule has 1 aliphatic rings. The summed E-state index contributed by atoms with van der Waals surface area (Å²) in [5.74, 6) is -3.98. The van der Waals surface area contributed by atoms with Crippen LogP contribution in [0.25, 0.3) is 0 Å². The Balaban J connectivity index is 2.09. The molecule has 10 heteroatoms. The Morgan fingerprint density at radius 3 is 2.92 bits per heavy atom. The molecule has 1 heterocycles. The number of nitrogens with zero attached hydrogens (tertiary/aromatic N) is 2. The molecule has 0 aliphatic carbocycles. The van der Waals surface area contributed by atoms with E-state index < -0.39 is 28.8 Å². The molecule has 1 unspecified atom stereocenters. The largest absolute Gasteiger partial charge is 0.491 e. The molecular formula is C14H13F2N3O4S. The number of aliphatic carboxylic acids is 1. The highest BCUT2D eigenvalue weighted by Gasteiger charge is 2.32. The van der Waals surface area contributed by atoms with Crippen LogP contribution in [-0.4, -0.2) is 40.2 Å². The number of carboxylic acids is 1. The molecule has 0 saturated carbocycles. The minimum Gasteiger partial charge on any atom is -0.491 e. The van der Waals surface area contributed by atoms with E-state index in [1.165, 1.54) is 6.07 Å². The lowest BCUT2D eigenvalue weighted by Gasteiger charge is -2.05. The van der Waals surface area contributed by atoms with Gasteiger partial charge in [0.2, 0.25) is 11.7 Å². The average Bonchev–Trinajstić information content (AvgIpc) is 2.84. The number of rotatable bonds is 6. The number of thioether (sulfide) groups is 1. The number of benzene rings is 1. The summed E-state index contributed by atoms with van der Waals surface area (Å²) < 4.78 is 31.9. The predicted octanol–water partition coefficient (Wildman–Crippen LogP) is 1.76. The van der Waals surface area contributed by atoms with Crippen LogP contribution >= 0.6 is 11.8 Å². The molecular weight excluding hydrogens is 344 g/mol. The molecule has 128 valence electrons. The van der Waals surface area contributed by atoms with Gasteiger partial charge in [-0.1, -0.05) is 11.8 Å². The van der Waals surface area contributed by atoms with Crippen LogP contribution in [0.4, 0.5) is 8.78 Å². The number of ether oxygens (including phenoxy) is 1. The van der Waals surface area contributed by atoms with Crippen molar-refractivity contribution in [3.63, 3.8) is 0 Å². The Hall–Kier alpha value is -2.49. The van der Waals surface area contributed by atoms with Crippen molar-refractivity contribution in [1.82, 2.24) is 5.32 Å². The van der Waals surface area contributed by atoms with E-state index in [-0.39, 0.29) is 29.5 Å². The molecule has 7 nitrogen and oxygen atoms in total. The van der Waals surface area contributed by atoms with Crippen molar-refractivity contribution in [2.24, 2.45) is 10.2 Å². The molecule has 1 amide bonds. The summed E-state index contributed by atoms with van der Waals surface area (Å²) in [5, 5.41) is 17.8. The molecule has 0 spiro atoms. The Morgan fingerprint density at radius 1 is 1.50 bits per heavy atom. The van der Waals surface area contributed by atoms with E-state index in [0.29, 0.717) is 0 Å². The Morgan fingerprint density at radius 2 is 2.25 bits per heavy atom. The third kappa shape index (κ3) is 4.51. The van der Waals surface area contributed by atoms with Gasteiger partial charge in [-0.2, -0.15) is 9.49 Å². The highest BCUT2D eigenvalue weighted by molar-refractivity contribution is 8.15. The number of amides is 1. The maximum Gasteiger partial charge on any atom is 0.305 e. The van der Waals surface area contributed by atoms with Gasteiger partial charge in [-0.05, 0) is 19.1 Å². The first-order valence-corrected chi connectivity index (χ1v) is 7.70. The quantitative estimate of drug-likeness (QED) is 0.597. The smallest absolute Gasteiger partial charge is 0.305 e. The number of nitrogens with one attached hydrogen (secondary N) is 1. The molecule has 1 aromatic rings. The van der Waals surface area contributed by atoms with Gasteiger partial charge in [-0.25, -0.2) is 4.39 Å². The molecule has 0 radical (unpaired) electrons. The Bertz CT molecular complexity index is 724. The fourth-order valence-electron chi connectivity index (χ4n) is 1.81. The Labute approximate surface area is 139 Å². The molecule has 0 bridgehead atoms. The fourth-order valence-corrected chi connectivity index (χ4v) is 2.73. The summed E-state index contributed by atoms with van der Waals surface area (Å²) in [6.07, 6.45) is 0.829. The topological polar surface area (TPSA) is 100 Å². The molecule has 24 heavy (non-hydrogen) atoms. The van der Waals surface area contributed by atoms with Crippen LogP contribution in [0.3, 0.4) is 0 Å². The van der Waals surface area contributed by atoms with Crippen molar-refractivity contribution in [2.45, 2.75) is 18.6 Å². The number of carbonyl (C=O) groups excluding carboxylic acids is 1. The van der Waals surface area contributed by atoms with Gasteiger partial charge >= 0.3 is 5.97 Å². The molecule has 2 rings (SSSR count). The first-order chi connectivity index (χ1) is 11.4. The van der Waals surface area contributed by atoms with Crippen molar-refractivity contribution in [3.05, 3.63) is 29.3 Å². The fraction of sp³-hybridized carbons (Fsp3) is 0.286. The van der Waals surface area contributed by atoms with Crippen LogP contribution in [0, 0.1) is 11.6 Å². The number of amidine groups is 1. The van der Waals surface area contributed by atoms with Gasteiger partial charge in [0.15, 0.2) is 16.7 Å². The first kappa shape index (κ1) is 17.9. The second-order valence-corrected chi connectivity index (χ2v) is 5.78. The van der Waals surface area contributed by atoms with Gasteiger partial charge in [0.05, 0.1) is 19.2 Å². The summed E-state index contributed by atoms with van der Waals surface area (Å²) >= 11 is 0.935. The second-order valence-electron chi connectivity index (χ2n) is 4.59. The van der Waals surface area contributed by atoms with Gasteiger partial charge in [-0.15, -0.1) is 5.10 Å². The minimum absolute atomic E-state index is 0.134. The van der Waals surface area contributed by atoms with E-state index in [9.17, 15) is 18.4 Å². The second kappa shape index (κ2) is 7.86. The van der Waals surface area contributed by atoms with Crippen molar-refractivity contribution in [2.75, 3.05) is 6.61 Å². The molecule has 1 aliphatic heterocycles. The number of hydrogen-bond acceptors (Lipinski definition) is 6. The summed E-state index contributed by atoms with van der Waals surface area (Å²) in [7, 11) is 0. The molecule has 1 atom stereocenters. The van der Waals surface area contributed by atoms with Crippen molar-refractivity contribution < 1.29 is 28.2 Å². The maximum absolute atomic E-state index is 13.5. The molecule has 1 aromatic carbocycles. The van der Waals surface area contributed by atoms with Gasteiger partial charge in [0, 0.05) is 5.56 Å². The summed E-state index contributed by atoms with van der Waals surface area (Å²) in [6.45, 7) is 1.81. The van der Waals surface area contributed by atoms with E-state index in [0.717, 1.165) is 24.0 Å². The molecule has 1 fully saturated rings. The number of halogens is 2. The highest BCUT2D eigenvalue weighted by atomic mass is 32.2. The molecule has 0 aromatic heterocycles. The van der Waals surface area contributed by atoms with Crippen LogP contribution in [0.5, 0.6) is 5.75 Å². The lowest BCUT2D eigenvalue weighted by atomic mass is 10.2. The third-order valence-electron chi connectivity index (χ3n) is 2.81. The van der Waals surface area contributed by atoms with Crippen LogP contribution in [0.15, 0.2) is 22.3 Å². The zero-order valence-corrected chi connectivity index (χ0v) is 13.3. The average molecular weight is 357 g/mol. The lowest BCUT2D eigenvalue weighted by molar-refractivity contribution is -0.138. The van der Waals surface area contributed by atoms with Crippen LogP contribution in [0.1, 0.15) is 18.9 Å². The monoisotopic (exact) mass is 357 g/mol. The summed E-state index contributed by atoms with van der Waals surface area (Å²) in [4.78, 5) is 22.1. The van der Waals surface area contributed by atoms with Crippen molar-refractivity contribution >= 4 is 35.0 Å². The number of carboxylic acid groups (broad SMARTS) is 1. The zero-order chi connectivity index (χ0) is 17.7. The van der Waals surface area contributed by atoms with Crippen LogP contribution < -0.4 is 10.1 Å². The van der Waals surface area contributed by atoms with E-state index >= 15 is 0 Å². The minimum atomic E-state index is -1.10. The first-order valence-electron chi connectivity index (χ1n) is 6.83. The zero-order valence-electron chi connectivity index (χ0n) is 12.5. The van der Waals surface area contributed by atoms with Gasteiger partial charge < -0.3 is 15.2 Å². The van der Waals surface area contributed by atoms with Gasteiger partial charge in [0.25, 0.3) is 0 Å². The van der Waals surface area contributed by atoms with Gasteiger partial charge in [-0.3, -0.25) is 9.59 Å². The SMILES string of the molecule is CCOc1cc(C=NN=C2NC(=O)C(CC(=O)O)S2)cc(F)c1F. The lowest BCUT2D eigenvalue weighted by Crippen LogP contribution is -2.26. The highest BCUT2D eigenvalue weighted by Crippen LogP contribution is 2.23. The normalized spacial score (nSPS) is 19.0.